The maximum absolute atomic E-state index is 11.1. The SMILES string of the molecule is C=C(c1ccc(C(=O)O)cc1)c1cc2c(cc1C)C(C)(C)C=CC2(C)C. The molecule has 0 saturated heterocycles. The minimum absolute atomic E-state index is 0.0125. The first-order chi connectivity index (χ1) is 12.0. The Kier molecular flexibility index (Phi) is 4.18. The van der Waals surface area contributed by atoms with Crippen molar-refractivity contribution < 1.29 is 9.90 Å². The fraction of sp³-hybridized carbons (Fsp3) is 0.292. The average molecular weight is 346 g/mol. The largest absolute Gasteiger partial charge is 0.478 e. The van der Waals surface area contributed by atoms with E-state index in [4.69, 9.17) is 5.11 Å². The van der Waals surface area contributed by atoms with Gasteiger partial charge in [-0.25, -0.2) is 4.79 Å². The van der Waals surface area contributed by atoms with E-state index >= 15 is 0 Å². The molecule has 2 heteroatoms. The number of benzene rings is 2. The number of aryl methyl sites for hydroxylation is 1. The van der Waals surface area contributed by atoms with Gasteiger partial charge < -0.3 is 5.11 Å². The lowest BCUT2D eigenvalue weighted by Gasteiger charge is -2.37. The summed E-state index contributed by atoms with van der Waals surface area (Å²) >= 11 is 0. The lowest BCUT2D eigenvalue weighted by molar-refractivity contribution is 0.0697. The molecule has 0 bridgehead atoms. The van der Waals surface area contributed by atoms with Crippen molar-refractivity contribution >= 4 is 11.5 Å². The fourth-order valence-electron chi connectivity index (χ4n) is 3.66. The maximum Gasteiger partial charge on any atom is 0.335 e. The molecule has 134 valence electrons. The second-order valence-electron chi connectivity index (χ2n) is 8.35. The van der Waals surface area contributed by atoms with Crippen molar-refractivity contribution in [3.05, 3.63) is 88.5 Å². The summed E-state index contributed by atoms with van der Waals surface area (Å²) in [6.07, 6.45) is 4.59. The normalized spacial score (nSPS) is 16.8. The molecule has 2 nitrogen and oxygen atoms in total. The van der Waals surface area contributed by atoms with Crippen molar-refractivity contribution in [2.45, 2.75) is 45.4 Å². The van der Waals surface area contributed by atoms with Crippen molar-refractivity contribution in [2.75, 3.05) is 0 Å². The molecule has 0 radical (unpaired) electrons. The summed E-state index contributed by atoms with van der Waals surface area (Å²) in [5.41, 5.74) is 7.14. The van der Waals surface area contributed by atoms with Gasteiger partial charge in [-0.2, -0.15) is 0 Å². The summed E-state index contributed by atoms with van der Waals surface area (Å²) in [6.45, 7) is 15.4. The van der Waals surface area contributed by atoms with Gasteiger partial charge in [-0.05, 0) is 58.5 Å². The zero-order valence-electron chi connectivity index (χ0n) is 16.2. The first-order valence-electron chi connectivity index (χ1n) is 8.92. The van der Waals surface area contributed by atoms with Gasteiger partial charge in [0, 0.05) is 10.8 Å². The maximum atomic E-state index is 11.1. The van der Waals surface area contributed by atoms with E-state index in [2.05, 4.69) is 65.5 Å². The third kappa shape index (κ3) is 3.01. The van der Waals surface area contributed by atoms with Crippen LogP contribution in [0.3, 0.4) is 0 Å². The minimum atomic E-state index is -0.914. The highest BCUT2D eigenvalue weighted by atomic mass is 16.4. The second-order valence-corrected chi connectivity index (χ2v) is 8.35. The van der Waals surface area contributed by atoms with E-state index in [0.29, 0.717) is 0 Å². The third-order valence-electron chi connectivity index (χ3n) is 5.47. The first-order valence-corrected chi connectivity index (χ1v) is 8.92. The third-order valence-corrected chi connectivity index (χ3v) is 5.47. The van der Waals surface area contributed by atoms with Gasteiger partial charge in [-0.1, -0.05) is 64.6 Å². The van der Waals surface area contributed by atoms with Crippen LogP contribution in [0.25, 0.3) is 5.57 Å². The van der Waals surface area contributed by atoms with Crippen LogP contribution < -0.4 is 0 Å². The quantitative estimate of drug-likeness (QED) is 0.705. The Balaban J connectivity index is 2.10. The van der Waals surface area contributed by atoms with Gasteiger partial charge >= 0.3 is 5.97 Å². The molecule has 0 saturated carbocycles. The van der Waals surface area contributed by atoms with Crippen molar-refractivity contribution in [3.63, 3.8) is 0 Å². The number of hydrogen-bond donors (Lipinski definition) is 1. The fourth-order valence-corrected chi connectivity index (χ4v) is 3.66. The summed E-state index contributed by atoms with van der Waals surface area (Å²) in [5.74, 6) is -0.914. The van der Waals surface area contributed by atoms with Gasteiger partial charge in [0.05, 0.1) is 5.56 Å². The Hall–Kier alpha value is -2.61. The Labute approximate surface area is 155 Å². The van der Waals surface area contributed by atoms with E-state index in [9.17, 15) is 4.79 Å². The monoisotopic (exact) mass is 346 g/mol. The molecule has 0 fully saturated rings. The molecule has 1 aliphatic rings. The van der Waals surface area contributed by atoms with Gasteiger partial charge in [0.25, 0.3) is 0 Å². The van der Waals surface area contributed by atoms with E-state index in [-0.39, 0.29) is 16.4 Å². The topological polar surface area (TPSA) is 37.3 Å². The van der Waals surface area contributed by atoms with Crippen molar-refractivity contribution in [3.8, 4) is 0 Å². The van der Waals surface area contributed by atoms with Gasteiger partial charge in [0.15, 0.2) is 0 Å². The zero-order chi connectivity index (χ0) is 19.3. The number of hydrogen-bond acceptors (Lipinski definition) is 1. The smallest absolute Gasteiger partial charge is 0.335 e. The standard InChI is InChI=1S/C24H26O2/c1-15-13-20-21(24(5,6)12-11-23(20,3)4)14-19(15)16(2)17-7-9-18(10-8-17)22(25)26/h7-14H,2H2,1,3-6H3,(H,25,26). The number of rotatable bonds is 3. The highest BCUT2D eigenvalue weighted by Gasteiger charge is 2.33. The number of carbonyl (C=O) groups is 1. The highest BCUT2D eigenvalue weighted by molar-refractivity contribution is 5.89. The number of carboxylic acid groups (broad SMARTS) is 1. The molecule has 0 unspecified atom stereocenters. The van der Waals surface area contributed by atoms with Crippen LogP contribution in [0.4, 0.5) is 0 Å². The Morgan fingerprint density at radius 1 is 0.885 bits per heavy atom. The molecule has 0 aliphatic heterocycles. The number of aromatic carboxylic acids is 1. The summed E-state index contributed by atoms with van der Waals surface area (Å²) in [6, 6.07) is 11.5. The summed E-state index contributed by atoms with van der Waals surface area (Å²) < 4.78 is 0. The van der Waals surface area contributed by atoms with E-state index in [1.54, 1.807) is 12.1 Å². The highest BCUT2D eigenvalue weighted by Crippen LogP contribution is 2.43. The number of fused-ring (bicyclic) bond motifs is 1. The molecule has 0 spiro atoms. The van der Waals surface area contributed by atoms with Crippen LogP contribution in [0.5, 0.6) is 0 Å². The van der Waals surface area contributed by atoms with Crippen LogP contribution in [0.15, 0.2) is 55.1 Å². The zero-order valence-corrected chi connectivity index (χ0v) is 16.2. The van der Waals surface area contributed by atoms with Crippen molar-refractivity contribution in [2.24, 2.45) is 0 Å². The molecule has 1 aliphatic carbocycles. The second kappa shape index (κ2) is 5.98. The van der Waals surface area contributed by atoms with Crippen LogP contribution in [0.1, 0.15) is 65.9 Å². The molecular weight excluding hydrogens is 320 g/mol. The van der Waals surface area contributed by atoms with Gasteiger partial charge in [-0.3, -0.25) is 0 Å². The van der Waals surface area contributed by atoms with Crippen molar-refractivity contribution in [1.29, 1.82) is 0 Å². The summed E-state index contributed by atoms with van der Waals surface area (Å²) in [5, 5.41) is 9.09. The molecular formula is C24H26O2. The van der Waals surface area contributed by atoms with Crippen LogP contribution >= 0.6 is 0 Å². The summed E-state index contributed by atoms with van der Waals surface area (Å²) in [4.78, 5) is 11.1. The Morgan fingerprint density at radius 3 is 1.85 bits per heavy atom. The van der Waals surface area contributed by atoms with Gasteiger partial charge in [-0.15, -0.1) is 0 Å². The predicted octanol–water partition coefficient (Wildman–Crippen LogP) is 5.88. The molecule has 3 rings (SSSR count). The van der Waals surface area contributed by atoms with E-state index in [1.807, 2.05) is 12.1 Å². The first kappa shape index (κ1) is 18.2. The van der Waals surface area contributed by atoms with E-state index in [0.717, 1.165) is 16.7 Å². The van der Waals surface area contributed by atoms with Crippen LogP contribution in [-0.4, -0.2) is 11.1 Å². The molecule has 1 N–H and O–H groups in total. The molecule has 26 heavy (non-hydrogen) atoms. The molecule has 2 aromatic rings. The molecule has 2 aromatic carbocycles. The number of allylic oxidation sites excluding steroid dienone is 2. The number of carboxylic acids is 1. The molecule has 0 atom stereocenters. The summed E-state index contributed by atoms with van der Waals surface area (Å²) in [7, 11) is 0. The lowest BCUT2D eigenvalue weighted by Crippen LogP contribution is -2.29. The Morgan fingerprint density at radius 2 is 1.35 bits per heavy atom. The Bertz CT molecular complexity index is 925. The van der Waals surface area contributed by atoms with Crippen LogP contribution in [0, 0.1) is 6.92 Å². The molecule has 0 heterocycles. The van der Waals surface area contributed by atoms with E-state index in [1.165, 1.54) is 16.7 Å². The lowest BCUT2D eigenvalue weighted by atomic mass is 9.67. The van der Waals surface area contributed by atoms with Crippen LogP contribution in [0.2, 0.25) is 0 Å². The minimum Gasteiger partial charge on any atom is -0.478 e. The predicted molar refractivity (Wildman–Crippen MR) is 108 cm³/mol. The van der Waals surface area contributed by atoms with Gasteiger partial charge in [0.2, 0.25) is 0 Å². The average Bonchev–Trinajstić information content (AvgIpc) is 2.58. The van der Waals surface area contributed by atoms with Gasteiger partial charge in [0.1, 0.15) is 0 Å². The van der Waals surface area contributed by atoms with E-state index < -0.39 is 5.97 Å². The molecule has 0 amide bonds. The van der Waals surface area contributed by atoms with Crippen molar-refractivity contribution in [1.82, 2.24) is 0 Å². The molecule has 0 aromatic heterocycles. The van der Waals surface area contributed by atoms with Crippen LogP contribution in [-0.2, 0) is 10.8 Å².